The lowest BCUT2D eigenvalue weighted by Gasteiger charge is -2.17. The lowest BCUT2D eigenvalue weighted by molar-refractivity contribution is -0.341. The zero-order chi connectivity index (χ0) is 15.6. The van der Waals surface area contributed by atoms with Crippen molar-refractivity contribution < 1.29 is 4.58 Å². The highest BCUT2D eigenvalue weighted by atomic mass is 79.9. The van der Waals surface area contributed by atoms with Gasteiger partial charge in [0.25, 0.3) is 0 Å². The summed E-state index contributed by atoms with van der Waals surface area (Å²) >= 11 is 3.50. The molecule has 3 aromatic rings. The molecule has 0 bridgehead atoms. The van der Waals surface area contributed by atoms with Gasteiger partial charge in [-0.3, -0.25) is 0 Å². The van der Waals surface area contributed by atoms with Crippen molar-refractivity contribution in [2.24, 2.45) is 0 Å². The highest BCUT2D eigenvalue weighted by Gasteiger charge is 2.33. The Morgan fingerprint density at radius 3 is 1.87 bits per heavy atom. The average molecular weight is 361 g/mol. The van der Waals surface area contributed by atoms with Gasteiger partial charge in [-0.2, -0.15) is 4.58 Å². The number of halogens is 1. The van der Waals surface area contributed by atoms with E-state index in [-0.39, 0.29) is 0 Å². The zero-order valence-electron chi connectivity index (χ0n) is 12.5. The minimum Gasteiger partial charge on any atom is -0.152 e. The molecule has 0 amide bonds. The fourth-order valence-corrected chi connectivity index (χ4v) is 3.10. The molecule has 0 saturated heterocycles. The molecule has 2 heteroatoms. The summed E-state index contributed by atoms with van der Waals surface area (Å²) in [5.74, 6) is 0. The van der Waals surface area contributed by atoms with Crippen molar-refractivity contribution in [3.05, 3.63) is 107 Å². The van der Waals surface area contributed by atoms with Gasteiger partial charge in [0.1, 0.15) is 0 Å². The smallest absolute Gasteiger partial charge is 0.152 e. The summed E-state index contributed by atoms with van der Waals surface area (Å²) in [4.78, 5) is 0. The molecule has 0 atom stereocenters. The Morgan fingerprint density at radius 1 is 0.609 bits per heavy atom. The van der Waals surface area contributed by atoms with Gasteiger partial charge in [-0.25, -0.2) is 0 Å². The van der Waals surface area contributed by atoms with Crippen LogP contribution in [-0.4, -0.2) is 10.3 Å². The average Bonchev–Trinajstić information content (AvgIpc) is 2.58. The summed E-state index contributed by atoms with van der Waals surface area (Å²) in [5.41, 5.74) is 6.10. The van der Waals surface area contributed by atoms with Gasteiger partial charge in [0.2, 0.25) is 17.1 Å². The first kappa shape index (κ1) is 14.2. The Hall–Kier alpha value is -2.45. The van der Waals surface area contributed by atoms with Crippen LogP contribution in [0.5, 0.6) is 0 Å². The first-order valence-electron chi connectivity index (χ1n) is 7.58. The van der Waals surface area contributed by atoms with E-state index in [2.05, 4.69) is 112 Å². The van der Waals surface area contributed by atoms with E-state index in [1.807, 2.05) is 0 Å². The lowest BCUT2D eigenvalue weighted by atomic mass is 9.98. The maximum absolute atomic E-state index is 3.50. The van der Waals surface area contributed by atoms with Crippen LogP contribution in [0.4, 0.5) is 5.69 Å². The third kappa shape index (κ3) is 2.66. The third-order valence-corrected chi connectivity index (χ3v) is 4.51. The van der Waals surface area contributed by atoms with Crippen molar-refractivity contribution >= 4 is 33.0 Å². The number of hydrogen-bond acceptors (Lipinski definition) is 0. The van der Waals surface area contributed by atoms with Crippen molar-refractivity contribution in [2.45, 2.75) is 0 Å². The SMILES string of the molecule is Brc1ccc(C2=[N+](c3ccccc3)C(c3ccccc3)=C2)cc1. The quantitative estimate of drug-likeness (QED) is 0.532. The van der Waals surface area contributed by atoms with Gasteiger partial charge in [-0.15, -0.1) is 0 Å². The van der Waals surface area contributed by atoms with Gasteiger partial charge < -0.3 is 0 Å². The van der Waals surface area contributed by atoms with Crippen molar-refractivity contribution in [2.75, 3.05) is 0 Å². The topological polar surface area (TPSA) is 3.01 Å². The van der Waals surface area contributed by atoms with E-state index in [1.165, 1.54) is 28.2 Å². The molecule has 0 aromatic heterocycles. The summed E-state index contributed by atoms with van der Waals surface area (Å²) in [5, 5.41) is 0. The molecule has 0 N–H and O–H groups in total. The largest absolute Gasteiger partial charge is 0.225 e. The van der Waals surface area contributed by atoms with E-state index in [9.17, 15) is 0 Å². The van der Waals surface area contributed by atoms with Crippen molar-refractivity contribution in [3.63, 3.8) is 0 Å². The molecule has 1 aliphatic rings. The Morgan fingerprint density at radius 2 is 1.22 bits per heavy atom. The van der Waals surface area contributed by atoms with Gasteiger partial charge in [-0.1, -0.05) is 52.3 Å². The second-order valence-electron chi connectivity index (χ2n) is 5.46. The number of nitrogens with zero attached hydrogens (tertiary/aromatic N) is 1. The zero-order valence-corrected chi connectivity index (χ0v) is 14.1. The molecular weight excluding hydrogens is 346 g/mol. The van der Waals surface area contributed by atoms with Gasteiger partial charge in [0.15, 0.2) is 0 Å². The number of rotatable bonds is 3. The first-order valence-corrected chi connectivity index (χ1v) is 8.37. The Balaban J connectivity index is 1.83. The van der Waals surface area contributed by atoms with Crippen LogP contribution in [0.25, 0.3) is 5.70 Å². The molecule has 3 aromatic carbocycles. The summed E-state index contributed by atoms with van der Waals surface area (Å²) in [6, 6.07) is 29.5. The van der Waals surface area contributed by atoms with Crippen LogP contribution >= 0.6 is 15.9 Å². The second kappa shape index (κ2) is 5.98. The van der Waals surface area contributed by atoms with E-state index in [1.54, 1.807) is 0 Å². The van der Waals surface area contributed by atoms with E-state index < -0.39 is 0 Å². The first-order chi connectivity index (χ1) is 11.3. The van der Waals surface area contributed by atoms with Crippen LogP contribution in [0.3, 0.4) is 0 Å². The summed E-state index contributed by atoms with van der Waals surface area (Å²) in [6.45, 7) is 0. The molecule has 4 rings (SSSR count). The molecule has 0 radical (unpaired) electrons. The predicted octanol–water partition coefficient (Wildman–Crippen LogP) is 5.64. The van der Waals surface area contributed by atoms with Crippen LogP contribution in [-0.2, 0) is 0 Å². The Bertz CT molecular complexity index is 892. The highest BCUT2D eigenvalue weighted by molar-refractivity contribution is 9.10. The molecule has 0 aliphatic carbocycles. The maximum Gasteiger partial charge on any atom is 0.225 e. The Labute approximate surface area is 144 Å². The van der Waals surface area contributed by atoms with E-state index >= 15 is 0 Å². The summed E-state index contributed by atoms with van der Waals surface area (Å²) in [7, 11) is 0. The van der Waals surface area contributed by atoms with Gasteiger partial charge >= 0.3 is 0 Å². The number of allylic oxidation sites excluding steroid dienone is 1. The summed E-state index contributed by atoms with van der Waals surface area (Å²) < 4.78 is 3.41. The number of hydrogen-bond donors (Lipinski definition) is 0. The van der Waals surface area contributed by atoms with Crippen LogP contribution in [0.1, 0.15) is 11.1 Å². The Kier molecular flexibility index (Phi) is 3.68. The molecule has 110 valence electrons. The van der Waals surface area contributed by atoms with Crippen LogP contribution < -0.4 is 0 Å². The normalized spacial score (nSPS) is 13.5. The van der Waals surface area contributed by atoms with E-state index in [4.69, 9.17) is 0 Å². The fourth-order valence-electron chi connectivity index (χ4n) is 2.83. The minimum absolute atomic E-state index is 1.10. The lowest BCUT2D eigenvalue weighted by Crippen LogP contribution is -2.24. The number of benzene rings is 3. The van der Waals surface area contributed by atoms with Crippen molar-refractivity contribution in [1.82, 2.24) is 0 Å². The summed E-state index contributed by atoms with van der Waals surface area (Å²) in [6.07, 6.45) is 2.26. The molecule has 0 fully saturated rings. The molecule has 0 unspecified atom stereocenters. The second-order valence-corrected chi connectivity index (χ2v) is 6.37. The monoisotopic (exact) mass is 360 g/mol. The molecule has 23 heavy (non-hydrogen) atoms. The standard InChI is InChI=1S/C21H15BrN/c22-18-13-11-17(12-14-18)21-15-20(16-7-3-1-4-8-16)23(21)19-9-5-2-6-10-19/h1-15H/q+1. The molecular formula is C21H15BrN+. The molecule has 1 aliphatic heterocycles. The van der Waals surface area contributed by atoms with Gasteiger partial charge in [0, 0.05) is 27.7 Å². The fraction of sp³-hybridized carbons (Fsp3) is 0. The van der Waals surface area contributed by atoms with Gasteiger partial charge in [0.05, 0.1) is 6.08 Å². The molecule has 1 nitrogen and oxygen atoms in total. The van der Waals surface area contributed by atoms with E-state index in [0.29, 0.717) is 0 Å². The molecule has 0 saturated carbocycles. The highest BCUT2D eigenvalue weighted by Crippen LogP contribution is 2.32. The molecule has 0 spiro atoms. The number of para-hydroxylation sites is 1. The van der Waals surface area contributed by atoms with E-state index in [0.717, 1.165) is 4.47 Å². The van der Waals surface area contributed by atoms with Crippen molar-refractivity contribution in [1.29, 1.82) is 0 Å². The van der Waals surface area contributed by atoms with Crippen LogP contribution in [0.15, 0.2) is 95.5 Å². The predicted molar refractivity (Wildman–Crippen MR) is 99.0 cm³/mol. The minimum atomic E-state index is 1.10. The van der Waals surface area contributed by atoms with Crippen LogP contribution in [0.2, 0.25) is 0 Å². The van der Waals surface area contributed by atoms with Crippen molar-refractivity contribution in [3.8, 4) is 0 Å². The van der Waals surface area contributed by atoms with Gasteiger partial charge in [-0.05, 0) is 36.4 Å². The van der Waals surface area contributed by atoms with Crippen LogP contribution in [0, 0.1) is 0 Å². The molecule has 1 heterocycles. The third-order valence-electron chi connectivity index (χ3n) is 3.98. The maximum atomic E-state index is 3.50.